The van der Waals surface area contributed by atoms with E-state index in [-0.39, 0.29) is 24.2 Å². The number of carbonyl (C=O) groups excluding carboxylic acids is 1. The van der Waals surface area contributed by atoms with E-state index in [9.17, 15) is 4.79 Å². The van der Waals surface area contributed by atoms with Crippen molar-refractivity contribution < 1.29 is 9.32 Å². The Hall–Kier alpha value is -1.63. The van der Waals surface area contributed by atoms with Crippen molar-refractivity contribution in [2.24, 2.45) is 5.73 Å². The van der Waals surface area contributed by atoms with E-state index in [2.05, 4.69) is 10.1 Å². The lowest BCUT2D eigenvalue weighted by atomic mass is 9.97. The number of hydrogen-bond acceptors (Lipinski definition) is 5. The number of amides is 1. The standard InChI is InChI=1S/C17H21ClN4O2.ClH/c18-14-7-5-12(6-8-14)16-20-17(24-21-16)13-3-2-10-22(11-13)15(23)4-1-9-19;/h5-8,13H,1-4,9-11,19H2;1H. The predicted molar refractivity (Wildman–Crippen MR) is 98.8 cm³/mol. The lowest BCUT2D eigenvalue weighted by Gasteiger charge is -2.31. The summed E-state index contributed by atoms with van der Waals surface area (Å²) in [6, 6.07) is 7.32. The molecular formula is C17H22Cl2N4O2. The third kappa shape index (κ3) is 4.93. The molecule has 25 heavy (non-hydrogen) atoms. The molecule has 3 rings (SSSR count). The van der Waals surface area contributed by atoms with E-state index in [1.54, 1.807) is 12.1 Å². The van der Waals surface area contributed by atoms with E-state index < -0.39 is 0 Å². The number of nitrogens with two attached hydrogens (primary N) is 1. The van der Waals surface area contributed by atoms with E-state index in [0.29, 0.717) is 36.2 Å². The first-order chi connectivity index (χ1) is 11.7. The summed E-state index contributed by atoms with van der Waals surface area (Å²) in [4.78, 5) is 18.6. The van der Waals surface area contributed by atoms with Crippen LogP contribution in [0, 0.1) is 0 Å². The van der Waals surface area contributed by atoms with Crippen LogP contribution in [0.5, 0.6) is 0 Å². The highest BCUT2D eigenvalue weighted by Crippen LogP contribution is 2.28. The zero-order valence-corrected chi connectivity index (χ0v) is 15.4. The van der Waals surface area contributed by atoms with Crippen LogP contribution in [-0.2, 0) is 4.79 Å². The van der Waals surface area contributed by atoms with Gasteiger partial charge in [0.1, 0.15) is 0 Å². The van der Waals surface area contributed by atoms with Gasteiger partial charge in [-0.3, -0.25) is 4.79 Å². The Kier molecular flexibility index (Phi) is 7.23. The molecule has 1 fully saturated rings. The summed E-state index contributed by atoms with van der Waals surface area (Å²) in [6.07, 6.45) is 3.12. The van der Waals surface area contributed by atoms with E-state index >= 15 is 0 Å². The summed E-state index contributed by atoms with van der Waals surface area (Å²) in [5, 5.41) is 4.73. The number of benzene rings is 1. The molecule has 2 aromatic rings. The van der Waals surface area contributed by atoms with Gasteiger partial charge in [-0.2, -0.15) is 4.98 Å². The molecule has 0 spiro atoms. The number of halogens is 2. The van der Waals surface area contributed by atoms with E-state index in [4.69, 9.17) is 21.9 Å². The molecule has 0 bridgehead atoms. The van der Waals surface area contributed by atoms with Gasteiger partial charge < -0.3 is 15.2 Å². The predicted octanol–water partition coefficient (Wildman–Crippen LogP) is 3.26. The Balaban J connectivity index is 0.00000225. The number of likely N-dealkylation sites (tertiary alicyclic amines) is 1. The van der Waals surface area contributed by atoms with Crippen LogP contribution >= 0.6 is 24.0 Å². The first-order valence-corrected chi connectivity index (χ1v) is 8.62. The van der Waals surface area contributed by atoms with Gasteiger partial charge in [0.2, 0.25) is 17.6 Å². The maximum atomic E-state index is 12.2. The third-order valence-corrected chi connectivity index (χ3v) is 4.51. The molecule has 1 aliphatic heterocycles. The molecule has 1 saturated heterocycles. The van der Waals surface area contributed by atoms with Gasteiger partial charge in [-0.05, 0) is 50.1 Å². The second kappa shape index (κ2) is 9.17. The molecule has 2 heterocycles. The third-order valence-electron chi connectivity index (χ3n) is 4.26. The minimum Gasteiger partial charge on any atom is -0.342 e. The molecule has 1 aromatic heterocycles. The number of hydrogen-bond donors (Lipinski definition) is 1. The molecule has 0 radical (unpaired) electrons. The molecule has 8 heteroatoms. The Morgan fingerprint density at radius 3 is 2.84 bits per heavy atom. The fraction of sp³-hybridized carbons (Fsp3) is 0.471. The van der Waals surface area contributed by atoms with E-state index in [1.165, 1.54) is 0 Å². The highest BCUT2D eigenvalue weighted by atomic mass is 35.5. The lowest BCUT2D eigenvalue weighted by molar-refractivity contribution is -0.132. The maximum Gasteiger partial charge on any atom is 0.231 e. The monoisotopic (exact) mass is 384 g/mol. The number of nitrogens with zero attached hydrogens (tertiary/aromatic N) is 3. The van der Waals surface area contributed by atoms with Gasteiger partial charge in [-0.1, -0.05) is 16.8 Å². The molecule has 1 aromatic carbocycles. The summed E-state index contributed by atoms with van der Waals surface area (Å²) in [7, 11) is 0. The normalized spacial score (nSPS) is 17.2. The van der Waals surface area contributed by atoms with Crippen molar-refractivity contribution in [1.29, 1.82) is 0 Å². The molecule has 6 nitrogen and oxygen atoms in total. The van der Waals surface area contributed by atoms with Gasteiger partial charge in [-0.25, -0.2) is 0 Å². The fourth-order valence-corrected chi connectivity index (χ4v) is 3.06. The van der Waals surface area contributed by atoms with Crippen molar-refractivity contribution in [2.45, 2.75) is 31.6 Å². The van der Waals surface area contributed by atoms with Gasteiger partial charge in [0.05, 0.1) is 5.92 Å². The van der Waals surface area contributed by atoms with Crippen LogP contribution in [0.25, 0.3) is 11.4 Å². The van der Waals surface area contributed by atoms with Crippen LogP contribution in [-0.4, -0.2) is 40.6 Å². The quantitative estimate of drug-likeness (QED) is 0.854. The SMILES string of the molecule is Cl.NCCCC(=O)N1CCCC(c2nc(-c3ccc(Cl)cc3)no2)C1. The fourth-order valence-electron chi connectivity index (χ4n) is 2.93. The summed E-state index contributed by atoms with van der Waals surface area (Å²) < 4.78 is 5.45. The summed E-state index contributed by atoms with van der Waals surface area (Å²) >= 11 is 5.90. The highest BCUT2D eigenvalue weighted by Gasteiger charge is 2.28. The topological polar surface area (TPSA) is 85.3 Å². The molecule has 1 unspecified atom stereocenters. The second-order valence-electron chi connectivity index (χ2n) is 6.03. The van der Waals surface area contributed by atoms with Crippen molar-refractivity contribution in [2.75, 3.05) is 19.6 Å². The average molecular weight is 385 g/mol. The number of carbonyl (C=O) groups is 1. The Bertz CT molecular complexity index is 690. The minimum atomic E-state index is 0. The zero-order chi connectivity index (χ0) is 16.9. The number of piperidine rings is 1. The Labute approximate surface area is 158 Å². The van der Waals surface area contributed by atoms with E-state index in [1.807, 2.05) is 17.0 Å². The molecular weight excluding hydrogens is 363 g/mol. The van der Waals surface area contributed by atoms with E-state index in [0.717, 1.165) is 31.4 Å². The van der Waals surface area contributed by atoms with Gasteiger partial charge in [0, 0.05) is 30.1 Å². The Morgan fingerprint density at radius 1 is 1.36 bits per heavy atom. The zero-order valence-electron chi connectivity index (χ0n) is 13.9. The molecule has 1 aliphatic rings. The van der Waals surface area contributed by atoms with Crippen molar-refractivity contribution >= 4 is 29.9 Å². The first-order valence-electron chi connectivity index (χ1n) is 8.25. The number of aromatic nitrogens is 2. The molecule has 2 N–H and O–H groups in total. The first kappa shape index (κ1) is 19.7. The van der Waals surface area contributed by atoms with Crippen molar-refractivity contribution in [3.05, 3.63) is 35.2 Å². The largest absolute Gasteiger partial charge is 0.342 e. The van der Waals surface area contributed by atoms with Crippen LogP contribution in [0.3, 0.4) is 0 Å². The van der Waals surface area contributed by atoms with Crippen molar-refractivity contribution in [3.63, 3.8) is 0 Å². The minimum absolute atomic E-state index is 0. The van der Waals surface area contributed by atoms with Gasteiger partial charge in [0.15, 0.2) is 0 Å². The second-order valence-corrected chi connectivity index (χ2v) is 6.47. The molecule has 1 amide bonds. The summed E-state index contributed by atoms with van der Waals surface area (Å²) in [5.41, 5.74) is 6.34. The van der Waals surface area contributed by atoms with Crippen LogP contribution < -0.4 is 5.73 Å². The van der Waals surface area contributed by atoms with Gasteiger partial charge in [0.25, 0.3) is 0 Å². The Morgan fingerprint density at radius 2 is 2.12 bits per heavy atom. The molecule has 0 saturated carbocycles. The van der Waals surface area contributed by atoms with Crippen LogP contribution in [0.1, 0.15) is 37.5 Å². The molecule has 136 valence electrons. The van der Waals surface area contributed by atoms with Crippen LogP contribution in [0.4, 0.5) is 0 Å². The highest BCUT2D eigenvalue weighted by molar-refractivity contribution is 6.30. The van der Waals surface area contributed by atoms with Crippen LogP contribution in [0.2, 0.25) is 5.02 Å². The van der Waals surface area contributed by atoms with Gasteiger partial charge in [-0.15, -0.1) is 12.4 Å². The molecule has 1 atom stereocenters. The maximum absolute atomic E-state index is 12.2. The summed E-state index contributed by atoms with van der Waals surface area (Å²) in [5.74, 6) is 1.39. The summed E-state index contributed by atoms with van der Waals surface area (Å²) in [6.45, 7) is 1.96. The number of rotatable bonds is 5. The lowest BCUT2D eigenvalue weighted by Crippen LogP contribution is -2.39. The van der Waals surface area contributed by atoms with Gasteiger partial charge >= 0.3 is 0 Å². The van der Waals surface area contributed by atoms with Crippen LogP contribution in [0.15, 0.2) is 28.8 Å². The van der Waals surface area contributed by atoms with Crippen molar-refractivity contribution in [3.8, 4) is 11.4 Å². The molecule has 0 aliphatic carbocycles. The van der Waals surface area contributed by atoms with Crippen molar-refractivity contribution in [1.82, 2.24) is 15.0 Å². The average Bonchev–Trinajstić information content (AvgIpc) is 3.10. The smallest absolute Gasteiger partial charge is 0.231 e.